The summed E-state index contributed by atoms with van der Waals surface area (Å²) >= 11 is 5.27. The molecule has 122 valence electrons. The van der Waals surface area contributed by atoms with Crippen LogP contribution in [0.1, 0.15) is 39.5 Å². The van der Waals surface area contributed by atoms with Gasteiger partial charge in [-0.1, -0.05) is 26.2 Å². The molecule has 0 heterocycles. The lowest BCUT2D eigenvalue weighted by molar-refractivity contribution is -0.384. The number of nitro groups is 1. The highest BCUT2D eigenvalue weighted by atomic mass is 32.1. The first-order chi connectivity index (χ1) is 10.5. The zero-order valence-corrected chi connectivity index (χ0v) is 14.0. The van der Waals surface area contributed by atoms with Crippen LogP contribution in [0.2, 0.25) is 0 Å². The number of nitro benzene ring substituents is 1. The normalized spacial score (nSPS) is 11.6. The monoisotopic (exact) mass is 325 g/mol. The van der Waals surface area contributed by atoms with E-state index in [0.717, 1.165) is 12.8 Å². The second-order valence-corrected chi connectivity index (χ2v) is 5.55. The number of ether oxygens (including phenoxy) is 1. The van der Waals surface area contributed by atoms with E-state index < -0.39 is 4.92 Å². The van der Waals surface area contributed by atoms with Crippen molar-refractivity contribution in [3.8, 4) is 5.75 Å². The molecule has 0 spiro atoms. The van der Waals surface area contributed by atoms with Crippen molar-refractivity contribution in [2.24, 2.45) is 0 Å². The Labute approximate surface area is 136 Å². The Morgan fingerprint density at radius 2 is 2.18 bits per heavy atom. The van der Waals surface area contributed by atoms with E-state index in [0.29, 0.717) is 16.5 Å². The van der Waals surface area contributed by atoms with Crippen molar-refractivity contribution in [1.29, 1.82) is 0 Å². The summed E-state index contributed by atoms with van der Waals surface area (Å²) in [6.45, 7) is 4.25. The van der Waals surface area contributed by atoms with Crippen molar-refractivity contribution in [2.75, 3.05) is 12.4 Å². The lowest BCUT2D eigenvalue weighted by atomic mass is 10.1. The number of hydrogen-bond donors (Lipinski definition) is 2. The second kappa shape index (κ2) is 9.19. The molecular weight excluding hydrogens is 302 g/mol. The topological polar surface area (TPSA) is 76.4 Å². The van der Waals surface area contributed by atoms with Gasteiger partial charge in [-0.3, -0.25) is 10.1 Å². The van der Waals surface area contributed by atoms with Crippen molar-refractivity contribution in [3.63, 3.8) is 0 Å². The summed E-state index contributed by atoms with van der Waals surface area (Å²) in [6.07, 6.45) is 4.61. The molecule has 1 unspecified atom stereocenters. The molecule has 22 heavy (non-hydrogen) atoms. The third-order valence-electron chi connectivity index (χ3n) is 3.26. The van der Waals surface area contributed by atoms with E-state index in [-0.39, 0.29) is 11.7 Å². The van der Waals surface area contributed by atoms with Crippen LogP contribution in [-0.4, -0.2) is 23.2 Å². The summed E-state index contributed by atoms with van der Waals surface area (Å²) in [5.41, 5.74) is 0.584. The summed E-state index contributed by atoms with van der Waals surface area (Å²) in [5.74, 6) is 0.386. The average molecular weight is 325 g/mol. The highest BCUT2D eigenvalue weighted by molar-refractivity contribution is 7.80. The molecule has 1 aromatic carbocycles. The van der Waals surface area contributed by atoms with Crippen LogP contribution in [-0.2, 0) is 0 Å². The Bertz CT molecular complexity index is 523. The SMILES string of the molecule is CCCCCC(C)NC(=S)Nc1ccc([N+](=O)[O-])cc1OC. The van der Waals surface area contributed by atoms with Gasteiger partial charge in [0.2, 0.25) is 0 Å². The molecule has 0 aliphatic carbocycles. The fraction of sp³-hybridized carbons (Fsp3) is 0.533. The number of rotatable bonds is 8. The first kappa shape index (κ1) is 18.2. The van der Waals surface area contributed by atoms with E-state index in [1.54, 1.807) is 6.07 Å². The predicted octanol–water partition coefficient (Wildman–Crippen LogP) is 3.86. The number of non-ortho nitro benzene ring substituents is 1. The van der Waals surface area contributed by atoms with E-state index in [4.69, 9.17) is 17.0 Å². The predicted molar refractivity (Wildman–Crippen MR) is 92.6 cm³/mol. The molecule has 0 radical (unpaired) electrons. The molecule has 0 aliphatic rings. The van der Waals surface area contributed by atoms with Gasteiger partial charge < -0.3 is 15.4 Å². The molecule has 0 aromatic heterocycles. The molecular formula is C15H23N3O3S. The fourth-order valence-electron chi connectivity index (χ4n) is 2.05. The maximum absolute atomic E-state index is 10.8. The van der Waals surface area contributed by atoms with Crippen molar-refractivity contribution >= 4 is 28.7 Å². The number of hydrogen-bond acceptors (Lipinski definition) is 4. The van der Waals surface area contributed by atoms with E-state index in [9.17, 15) is 10.1 Å². The smallest absolute Gasteiger partial charge is 0.273 e. The minimum Gasteiger partial charge on any atom is -0.494 e. The van der Waals surface area contributed by atoms with Crippen molar-refractivity contribution in [1.82, 2.24) is 5.32 Å². The molecule has 7 heteroatoms. The molecule has 0 saturated heterocycles. The van der Waals surface area contributed by atoms with Crippen LogP contribution in [0, 0.1) is 10.1 Å². The third-order valence-corrected chi connectivity index (χ3v) is 3.48. The molecule has 1 rings (SSSR count). The van der Waals surface area contributed by atoms with Crippen LogP contribution < -0.4 is 15.4 Å². The number of thiocarbonyl (C=S) groups is 1. The standard InChI is InChI=1S/C15H23N3O3S/c1-4-5-6-7-11(2)16-15(22)17-13-9-8-12(18(19)20)10-14(13)21-3/h8-11H,4-7H2,1-3H3,(H2,16,17,22). The summed E-state index contributed by atoms with van der Waals surface area (Å²) < 4.78 is 5.17. The molecule has 6 nitrogen and oxygen atoms in total. The number of nitrogens with zero attached hydrogens (tertiary/aromatic N) is 1. The highest BCUT2D eigenvalue weighted by Gasteiger charge is 2.12. The summed E-state index contributed by atoms with van der Waals surface area (Å²) in [5, 5.41) is 17.5. The average Bonchev–Trinajstić information content (AvgIpc) is 2.47. The Kier molecular flexibility index (Phi) is 7.59. The van der Waals surface area contributed by atoms with Gasteiger partial charge in [0, 0.05) is 12.1 Å². The maximum Gasteiger partial charge on any atom is 0.273 e. The van der Waals surface area contributed by atoms with Crippen LogP contribution >= 0.6 is 12.2 Å². The molecule has 0 bridgehead atoms. The molecule has 2 N–H and O–H groups in total. The second-order valence-electron chi connectivity index (χ2n) is 5.14. The third kappa shape index (κ3) is 5.85. The molecule has 0 saturated carbocycles. The number of unbranched alkanes of at least 4 members (excludes halogenated alkanes) is 2. The van der Waals surface area contributed by atoms with Gasteiger partial charge in [0.1, 0.15) is 5.75 Å². The summed E-state index contributed by atoms with van der Waals surface area (Å²) in [4.78, 5) is 10.3. The molecule has 0 fully saturated rings. The Morgan fingerprint density at radius 3 is 2.77 bits per heavy atom. The Hall–Kier alpha value is -1.89. The van der Waals surface area contributed by atoms with Gasteiger partial charge in [-0.15, -0.1) is 0 Å². The first-order valence-corrected chi connectivity index (χ1v) is 7.78. The quantitative estimate of drug-likeness (QED) is 0.327. The maximum atomic E-state index is 10.8. The van der Waals surface area contributed by atoms with Gasteiger partial charge in [0.05, 0.1) is 23.8 Å². The van der Waals surface area contributed by atoms with Crippen molar-refractivity contribution in [3.05, 3.63) is 28.3 Å². The van der Waals surface area contributed by atoms with Crippen LogP contribution in [0.15, 0.2) is 18.2 Å². The van der Waals surface area contributed by atoms with Crippen LogP contribution in [0.4, 0.5) is 11.4 Å². The molecule has 1 aromatic rings. The van der Waals surface area contributed by atoms with Crippen LogP contribution in [0.3, 0.4) is 0 Å². The van der Waals surface area contributed by atoms with Gasteiger partial charge in [0.15, 0.2) is 5.11 Å². The van der Waals surface area contributed by atoms with Crippen molar-refractivity contribution in [2.45, 2.75) is 45.6 Å². The van der Waals surface area contributed by atoms with Crippen LogP contribution in [0.5, 0.6) is 5.75 Å². The Morgan fingerprint density at radius 1 is 1.45 bits per heavy atom. The largest absolute Gasteiger partial charge is 0.494 e. The van der Waals surface area contributed by atoms with E-state index in [1.165, 1.54) is 32.1 Å². The summed E-state index contributed by atoms with van der Waals surface area (Å²) in [6, 6.07) is 4.65. The number of anilines is 1. The zero-order valence-electron chi connectivity index (χ0n) is 13.2. The molecule has 0 amide bonds. The van der Waals surface area contributed by atoms with Gasteiger partial charge in [-0.05, 0) is 31.6 Å². The number of nitrogens with one attached hydrogen (secondary N) is 2. The zero-order chi connectivity index (χ0) is 16.5. The minimum absolute atomic E-state index is 0.0192. The highest BCUT2D eigenvalue weighted by Crippen LogP contribution is 2.28. The van der Waals surface area contributed by atoms with Gasteiger partial charge in [0.25, 0.3) is 5.69 Å². The van der Waals surface area contributed by atoms with Gasteiger partial charge in [-0.2, -0.15) is 0 Å². The number of benzene rings is 1. The van der Waals surface area contributed by atoms with Gasteiger partial charge in [-0.25, -0.2) is 0 Å². The fourth-order valence-corrected chi connectivity index (χ4v) is 2.36. The number of methoxy groups -OCH3 is 1. The first-order valence-electron chi connectivity index (χ1n) is 7.37. The van der Waals surface area contributed by atoms with Gasteiger partial charge >= 0.3 is 0 Å². The lowest BCUT2D eigenvalue weighted by Crippen LogP contribution is -2.35. The van der Waals surface area contributed by atoms with Crippen molar-refractivity contribution < 1.29 is 9.66 Å². The molecule has 0 aliphatic heterocycles. The van der Waals surface area contributed by atoms with Crippen LogP contribution in [0.25, 0.3) is 0 Å². The van der Waals surface area contributed by atoms with E-state index >= 15 is 0 Å². The van der Waals surface area contributed by atoms with E-state index in [2.05, 4.69) is 24.5 Å². The minimum atomic E-state index is -0.460. The lowest BCUT2D eigenvalue weighted by Gasteiger charge is -2.18. The molecule has 1 atom stereocenters. The van der Waals surface area contributed by atoms with E-state index in [1.807, 2.05) is 0 Å². The Balaban J connectivity index is 2.62. The summed E-state index contributed by atoms with van der Waals surface area (Å²) in [7, 11) is 1.47.